The van der Waals surface area contributed by atoms with Crippen molar-refractivity contribution < 1.29 is 4.42 Å². The molecule has 1 aliphatic carbocycles. The first-order valence-corrected chi connectivity index (χ1v) is 9.28. The van der Waals surface area contributed by atoms with Crippen molar-refractivity contribution in [1.29, 1.82) is 5.26 Å². The summed E-state index contributed by atoms with van der Waals surface area (Å²) in [5.74, 6) is 2.78. The minimum Gasteiger partial charge on any atom is -0.469 e. The number of hydrogen-bond acceptors (Lipinski definition) is 6. The highest BCUT2D eigenvalue weighted by Crippen LogP contribution is 2.41. The average Bonchev–Trinajstić information content (AvgIpc) is 3.12. The maximum Gasteiger partial charge on any atom is 0.224 e. The molecule has 2 aromatic rings. The van der Waals surface area contributed by atoms with Crippen LogP contribution in [0.15, 0.2) is 29.0 Å². The molecule has 1 aliphatic rings. The van der Waals surface area contributed by atoms with E-state index in [-0.39, 0.29) is 0 Å². The first-order valence-electron chi connectivity index (χ1n) is 9.28. The molecule has 26 heavy (non-hydrogen) atoms. The predicted molar refractivity (Wildman–Crippen MR) is 102 cm³/mol. The summed E-state index contributed by atoms with van der Waals surface area (Å²) in [6, 6.07) is 6.34. The molecule has 2 heterocycles. The second-order valence-electron chi connectivity index (χ2n) is 7.84. The van der Waals surface area contributed by atoms with Crippen LogP contribution in [-0.2, 0) is 6.42 Å². The zero-order valence-corrected chi connectivity index (χ0v) is 15.7. The third-order valence-corrected chi connectivity index (χ3v) is 5.54. The van der Waals surface area contributed by atoms with E-state index in [4.69, 9.17) is 4.42 Å². The van der Waals surface area contributed by atoms with E-state index in [9.17, 15) is 5.26 Å². The number of anilines is 2. The van der Waals surface area contributed by atoms with Crippen LogP contribution in [0.3, 0.4) is 0 Å². The van der Waals surface area contributed by atoms with E-state index in [0.717, 1.165) is 25.0 Å². The molecule has 2 atom stereocenters. The maximum atomic E-state index is 9.38. The zero-order chi connectivity index (χ0) is 18.6. The quantitative estimate of drug-likeness (QED) is 0.808. The third-order valence-electron chi connectivity index (χ3n) is 5.54. The highest BCUT2D eigenvalue weighted by atomic mass is 16.3. The Hall–Kier alpha value is -2.55. The summed E-state index contributed by atoms with van der Waals surface area (Å²) in [4.78, 5) is 8.78. The van der Waals surface area contributed by atoms with Gasteiger partial charge in [0.05, 0.1) is 12.5 Å². The van der Waals surface area contributed by atoms with E-state index >= 15 is 0 Å². The molecule has 0 radical (unpaired) electrons. The SMILES string of the molecule is C[C@H]1CC[C@@H](Nc2nc(NCCc3ccco3)ncc2C#N)CC1(C)C. The summed E-state index contributed by atoms with van der Waals surface area (Å²) in [5.41, 5.74) is 0.776. The normalized spacial score (nSPS) is 21.8. The molecule has 0 spiro atoms. The first-order chi connectivity index (χ1) is 12.5. The van der Waals surface area contributed by atoms with Crippen molar-refractivity contribution in [3.8, 4) is 6.07 Å². The molecule has 0 amide bonds. The molecule has 2 aromatic heterocycles. The number of nitrogens with zero attached hydrogens (tertiary/aromatic N) is 3. The number of nitrogens with one attached hydrogen (secondary N) is 2. The van der Waals surface area contributed by atoms with Crippen LogP contribution in [0.2, 0.25) is 0 Å². The Labute approximate surface area is 155 Å². The fraction of sp³-hybridized carbons (Fsp3) is 0.550. The highest BCUT2D eigenvalue weighted by Gasteiger charge is 2.34. The van der Waals surface area contributed by atoms with Crippen molar-refractivity contribution in [2.24, 2.45) is 11.3 Å². The van der Waals surface area contributed by atoms with Crippen LogP contribution >= 0.6 is 0 Å². The van der Waals surface area contributed by atoms with Crippen LogP contribution in [0, 0.1) is 22.7 Å². The van der Waals surface area contributed by atoms with Crippen molar-refractivity contribution in [2.75, 3.05) is 17.2 Å². The Morgan fingerprint density at radius 1 is 1.38 bits per heavy atom. The molecular formula is C20H27N5O. The molecular weight excluding hydrogens is 326 g/mol. The van der Waals surface area contributed by atoms with Gasteiger partial charge < -0.3 is 15.1 Å². The summed E-state index contributed by atoms with van der Waals surface area (Å²) >= 11 is 0. The van der Waals surface area contributed by atoms with Crippen LogP contribution in [0.25, 0.3) is 0 Å². The summed E-state index contributed by atoms with van der Waals surface area (Å²) in [6.45, 7) is 7.63. The van der Waals surface area contributed by atoms with Gasteiger partial charge in [-0.1, -0.05) is 20.8 Å². The summed E-state index contributed by atoms with van der Waals surface area (Å²) in [5, 5.41) is 16.1. The molecule has 3 rings (SSSR count). The van der Waals surface area contributed by atoms with Gasteiger partial charge in [-0.15, -0.1) is 0 Å². The van der Waals surface area contributed by atoms with Gasteiger partial charge in [0.1, 0.15) is 23.2 Å². The number of nitriles is 1. The van der Waals surface area contributed by atoms with Crippen LogP contribution < -0.4 is 10.6 Å². The standard InChI is InChI=1S/C20H27N5O/c1-14-6-7-16(11-20(14,2)3)24-18-15(12-21)13-23-19(25-18)22-9-8-17-5-4-10-26-17/h4-5,10,13-14,16H,6-9,11H2,1-3H3,(H2,22,23,24,25)/t14-,16+/m0/s1. The van der Waals surface area contributed by atoms with Crippen LogP contribution in [-0.4, -0.2) is 22.6 Å². The van der Waals surface area contributed by atoms with Gasteiger partial charge in [-0.25, -0.2) is 4.98 Å². The summed E-state index contributed by atoms with van der Waals surface area (Å²) in [6.07, 6.45) is 7.37. The van der Waals surface area contributed by atoms with E-state index < -0.39 is 0 Å². The van der Waals surface area contributed by atoms with Gasteiger partial charge in [-0.3, -0.25) is 0 Å². The number of hydrogen-bond donors (Lipinski definition) is 2. The lowest BCUT2D eigenvalue weighted by Crippen LogP contribution is -2.37. The molecule has 0 bridgehead atoms. The van der Waals surface area contributed by atoms with Crippen molar-refractivity contribution in [3.63, 3.8) is 0 Å². The molecule has 0 aromatic carbocycles. The maximum absolute atomic E-state index is 9.38. The van der Waals surface area contributed by atoms with Gasteiger partial charge in [-0.2, -0.15) is 10.2 Å². The minimum absolute atomic E-state index is 0.292. The van der Waals surface area contributed by atoms with Crippen LogP contribution in [0.5, 0.6) is 0 Å². The van der Waals surface area contributed by atoms with Crippen molar-refractivity contribution in [1.82, 2.24) is 9.97 Å². The minimum atomic E-state index is 0.292. The molecule has 138 valence electrons. The van der Waals surface area contributed by atoms with Gasteiger partial charge in [0.25, 0.3) is 0 Å². The number of furan rings is 1. The molecule has 2 N–H and O–H groups in total. The van der Waals surface area contributed by atoms with Gasteiger partial charge >= 0.3 is 0 Å². The third kappa shape index (κ3) is 4.34. The predicted octanol–water partition coefficient (Wildman–Crippen LogP) is 4.22. The van der Waals surface area contributed by atoms with Gasteiger partial charge in [0.2, 0.25) is 5.95 Å². The molecule has 0 saturated heterocycles. The average molecular weight is 353 g/mol. The second-order valence-corrected chi connectivity index (χ2v) is 7.84. The van der Waals surface area contributed by atoms with E-state index in [1.165, 1.54) is 6.42 Å². The van der Waals surface area contributed by atoms with Gasteiger partial charge in [-0.05, 0) is 42.7 Å². The van der Waals surface area contributed by atoms with Crippen molar-refractivity contribution >= 4 is 11.8 Å². The fourth-order valence-corrected chi connectivity index (χ4v) is 3.51. The molecule has 1 fully saturated rings. The lowest BCUT2D eigenvalue weighted by molar-refractivity contribution is 0.143. The smallest absolute Gasteiger partial charge is 0.224 e. The van der Waals surface area contributed by atoms with E-state index in [1.54, 1.807) is 12.5 Å². The van der Waals surface area contributed by atoms with Crippen LogP contribution in [0.4, 0.5) is 11.8 Å². The van der Waals surface area contributed by atoms with Gasteiger partial charge in [0, 0.05) is 19.0 Å². The first kappa shape index (κ1) is 18.2. The van der Waals surface area contributed by atoms with Crippen LogP contribution in [0.1, 0.15) is 51.4 Å². The number of rotatable bonds is 6. The number of aromatic nitrogens is 2. The Morgan fingerprint density at radius 3 is 2.92 bits per heavy atom. The fourth-order valence-electron chi connectivity index (χ4n) is 3.51. The Bertz CT molecular complexity index is 763. The van der Waals surface area contributed by atoms with E-state index in [2.05, 4.69) is 47.4 Å². The molecule has 0 aliphatic heterocycles. The monoisotopic (exact) mass is 353 g/mol. The lowest BCUT2D eigenvalue weighted by atomic mass is 9.68. The second kappa shape index (κ2) is 7.77. The van der Waals surface area contributed by atoms with E-state index in [0.29, 0.717) is 41.2 Å². The Morgan fingerprint density at radius 2 is 2.23 bits per heavy atom. The van der Waals surface area contributed by atoms with E-state index in [1.807, 2.05) is 12.1 Å². The highest BCUT2D eigenvalue weighted by molar-refractivity contribution is 5.54. The molecule has 0 unspecified atom stereocenters. The van der Waals surface area contributed by atoms with Crippen molar-refractivity contribution in [3.05, 3.63) is 35.9 Å². The molecule has 6 heteroatoms. The zero-order valence-electron chi connectivity index (χ0n) is 15.7. The van der Waals surface area contributed by atoms with Crippen molar-refractivity contribution in [2.45, 2.75) is 52.5 Å². The Kier molecular flexibility index (Phi) is 5.46. The summed E-state index contributed by atoms with van der Waals surface area (Å²) in [7, 11) is 0. The molecule has 6 nitrogen and oxygen atoms in total. The summed E-state index contributed by atoms with van der Waals surface area (Å²) < 4.78 is 5.32. The topological polar surface area (TPSA) is 86.8 Å². The Balaban J connectivity index is 1.65. The largest absolute Gasteiger partial charge is 0.469 e. The van der Waals surface area contributed by atoms with Gasteiger partial charge in [0.15, 0.2) is 0 Å². The lowest BCUT2D eigenvalue weighted by Gasteiger charge is -2.41. The molecule has 1 saturated carbocycles.